The molecule has 0 saturated heterocycles. The zero-order chi connectivity index (χ0) is 13.1. The molecule has 1 amide bonds. The lowest BCUT2D eigenvalue weighted by Gasteiger charge is -2.30. The molecular formula is C12H14Br3NOS. The zero-order valence-corrected chi connectivity index (χ0v) is 15.3. The molecule has 1 aliphatic carbocycles. The van der Waals surface area contributed by atoms with E-state index in [0.29, 0.717) is 12.0 Å². The lowest BCUT2D eigenvalue weighted by Crippen LogP contribution is -2.42. The van der Waals surface area contributed by atoms with Crippen LogP contribution < -0.4 is 5.32 Å². The maximum atomic E-state index is 12.2. The molecule has 0 radical (unpaired) electrons. The summed E-state index contributed by atoms with van der Waals surface area (Å²) in [4.78, 5) is 12.2. The Bertz CT molecular complexity index is 435. The molecule has 1 fully saturated rings. The maximum Gasteiger partial charge on any atom is 0.253 e. The SMILES string of the molecule is O=C(NC1CCCCC1CBr)c1cc(Br)sc1Br. The van der Waals surface area contributed by atoms with Gasteiger partial charge in [0.25, 0.3) is 5.91 Å². The Morgan fingerprint density at radius 1 is 1.39 bits per heavy atom. The molecule has 100 valence electrons. The molecule has 2 rings (SSSR count). The molecule has 1 aromatic heterocycles. The standard InChI is InChI=1S/C12H14Br3NOS/c13-6-7-3-1-2-4-9(7)16-12(17)8-5-10(14)18-11(8)15/h5,7,9H,1-4,6H2,(H,16,17). The number of carbonyl (C=O) groups excluding carboxylic acids is 1. The molecule has 2 unspecified atom stereocenters. The zero-order valence-electron chi connectivity index (χ0n) is 9.72. The van der Waals surface area contributed by atoms with Gasteiger partial charge in [-0.25, -0.2) is 0 Å². The molecule has 0 aliphatic heterocycles. The van der Waals surface area contributed by atoms with E-state index >= 15 is 0 Å². The topological polar surface area (TPSA) is 29.1 Å². The van der Waals surface area contributed by atoms with Crippen molar-refractivity contribution in [3.05, 3.63) is 19.2 Å². The Morgan fingerprint density at radius 3 is 2.72 bits per heavy atom. The van der Waals surface area contributed by atoms with Crippen molar-refractivity contribution < 1.29 is 4.79 Å². The fourth-order valence-electron chi connectivity index (χ4n) is 2.32. The van der Waals surface area contributed by atoms with E-state index in [1.165, 1.54) is 30.6 Å². The van der Waals surface area contributed by atoms with Gasteiger partial charge in [0.05, 0.1) is 13.1 Å². The van der Waals surface area contributed by atoms with Gasteiger partial charge in [0.15, 0.2) is 0 Å². The Balaban J connectivity index is 2.04. The quantitative estimate of drug-likeness (QED) is 0.636. The molecule has 6 heteroatoms. The van der Waals surface area contributed by atoms with Crippen molar-refractivity contribution in [1.29, 1.82) is 0 Å². The summed E-state index contributed by atoms with van der Waals surface area (Å²) in [5, 5.41) is 4.14. The van der Waals surface area contributed by atoms with E-state index in [4.69, 9.17) is 0 Å². The van der Waals surface area contributed by atoms with Crippen molar-refractivity contribution >= 4 is 65.0 Å². The number of rotatable bonds is 3. The smallest absolute Gasteiger partial charge is 0.253 e. The molecule has 0 bridgehead atoms. The van der Waals surface area contributed by atoms with Crippen molar-refractivity contribution in [2.45, 2.75) is 31.7 Å². The van der Waals surface area contributed by atoms with Gasteiger partial charge in [0.1, 0.15) is 0 Å². The second-order valence-corrected chi connectivity index (χ2v) is 8.91. The fourth-order valence-corrected chi connectivity index (χ4v) is 5.89. The average Bonchev–Trinajstić information content (AvgIpc) is 2.69. The molecule has 2 nitrogen and oxygen atoms in total. The molecule has 0 aromatic carbocycles. The van der Waals surface area contributed by atoms with Gasteiger partial charge >= 0.3 is 0 Å². The van der Waals surface area contributed by atoms with Crippen LogP contribution in [-0.4, -0.2) is 17.3 Å². The van der Waals surface area contributed by atoms with Crippen LogP contribution in [0.1, 0.15) is 36.0 Å². The summed E-state index contributed by atoms with van der Waals surface area (Å²) in [6, 6.07) is 2.17. The van der Waals surface area contributed by atoms with E-state index in [2.05, 4.69) is 53.1 Å². The van der Waals surface area contributed by atoms with Crippen LogP contribution in [-0.2, 0) is 0 Å². The van der Waals surface area contributed by atoms with Crippen LogP contribution in [0.3, 0.4) is 0 Å². The average molecular weight is 460 g/mol. The summed E-state index contributed by atoms with van der Waals surface area (Å²) in [5.74, 6) is 0.588. The van der Waals surface area contributed by atoms with E-state index in [0.717, 1.165) is 24.9 Å². The first-order valence-corrected chi connectivity index (χ1v) is 9.46. The molecule has 2 atom stereocenters. The number of thiophene rings is 1. The van der Waals surface area contributed by atoms with Gasteiger partial charge in [0, 0.05) is 11.4 Å². The molecule has 1 saturated carbocycles. The van der Waals surface area contributed by atoms with Crippen molar-refractivity contribution in [2.24, 2.45) is 5.92 Å². The first-order chi connectivity index (χ1) is 8.61. The Kier molecular flexibility index (Phi) is 5.72. The molecule has 1 aromatic rings. The summed E-state index contributed by atoms with van der Waals surface area (Å²) in [7, 11) is 0. The van der Waals surface area contributed by atoms with Crippen LogP contribution in [0.4, 0.5) is 0 Å². The van der Waals surface area contributed by atoms with E-state index < -0.39 is 0 Å². The predicted molar refractivity (Wildman–Crippen MR) is 86.7 cm³/mol. The number of hydrogen-bond donors (Lipinski definition) is 1. The van der Waals surface area contributed by atoms with Crippen LogP contribution in [0.5, 0.6) is 0 Å². The largest absolute Gasteiger partial charge is 0.349 e. The Labute approximate surface area is 136 Å². The van der Waals surface area contributed by atoms with Crippen LogP contribution in [0.15, 0.2) is 13.6 Å². The maximum absolute atomic E-state index is 12.2. The van der Waals surface area contributed by atoms with E-state index in [9.17, 15) is 4.79 Å². The van der Waals surface area contributed by atoms with Crippen LogP contribution >= 0.6 is 59.1 Å². The van der Waals surface area contributed by atoms with Gasteiger partial charge in [0.2, 0.25) is 0 Å². The number of carbonyl (C=O) groups is 1. The second-order valence-electron chi connectivity index (χ2n) is 4.52. The van der Waals surface area contributed by atoms with E-state index in [1.54, 1.807) is 0 Å². The lowest BCUT2D eigenvalue weighted by atomic mass is 9.86. The number of nitrogens with one attached hydrogen (secondary N) is 1. The third-order valence-corrected chi connectivity index (χ3v) is 6.50. The molecule has 18 heavy (non-hydrogen) atoms. The monoisotopic (exact) mass is 457 g/mol. The van der Waals surface area contributed by atoms with Crippen molar-refractivity contribution in [1.82, 2.24) is 5.32 Å². The molecule has 0 spiro atoms. The number of halogens is 3. The van der Waals surface area contributed by atoms with Crippen molar-refractivity contribution in [3.8, 4) is 0 Å². The van der Waals surface area contributed by atoms with Crippen LogP contribution in [0, 0.1) is 5.92 Å². The normalized spacial score (nSPS) is 23.9. The minimum atomic E-state index is 0.0293. The van der Waals surface area contributed by atoms with Crippen molar-refractivity contribution in [2.75, 3.05) is 5.33 Å². The van der Waals surface area contributed by atoms with Gasteiger partial charge in [-0.05, 0) is 56.7 Å². The minimum Gasteiger partial charge on any atom is -0.349 e. The minimum absolute atomic E-state index is 0.0293. The Morgan fingerprint density at radius 2 is 2.11 bits per heavy atom. The van der Waals surface area contributed by atoms with Crippen LogP contribution in [0.2, 0.25) is 0 Å². The summed E-state index contributed by atoms with van der Waals surface area (Å²) in [5.41, 5.74) is 0.728. The summed E-state index contributed by atoms with van der Waals surface area (Å²) < 4.78 is 1.86. The predicted octanol–water partition coefficient (Wildman–Crippen LogP) is 4.96. The number of alkyl halides is 1. The fraction of sp³-hybridized carbons (Fsp3) is 0.583. The highest BCUT2D eigenvalue weighted by atomic mass is 79.9. The highest BCUT2D eigenvalue weighted by molar-refractivity contribution is 9.12. The first-order valence-electron chi connectivity index (χ1n) is 5.93. The first kappa shape index (κ1) is 15.0. The van der Waals surface area contributed by atoms with E-state index in [-0.39, 0.29) is 5.91 Å². The molecule has 1 heterocycles. The van der Waals surface area contributed by atoms with E-state index in [1.807, 2.05) is 6.07 Å². The van der Waals surface area contributed by atoms with Crippen LogP contribution in [0.25, 0.3) is 0 Å². The van der Waals surface area contributed by atoms with Crippen molar-refractivity contribution in [3.63, 3.8) is 0 Å². The third kappa shape index (κ3) is 3.58. The van der Waals surface area contributed by atoms with Gasteiger partial charge < -0.3 is 5.32 Å². The molecule has 1 N–H and O–H groups in total. The highest BCUT2D eigenvalue weighted by Gasteiger charge is 2.26. The number of hydrogen-bond acceptors (Lipinski definition) is 2. The second kappa shape index (κ2) is 6.86. The summed E-state index contributed by atoms with van der Waals surface area (Å²) in [6.45, 7) is 0. The van der Waals surface area contributed by atoms with Gasteiger partial charge in [-0.3, -0.25) is 4.79 Å². The molecule has 1 aliphatic rings. The summed E-state index contributed by atoms with van der Waals surface area (Å²) in [6.07, 6.45) is 4.77. The van der Waals surface area contributed by atoms with Gasteiger partial charge in [-0.15, -0.1) is 11.3 Å². The van der Waals surface area contributed by atoms with Gasteiger partial charge in [-0.1, -0.05) is 28.8 Å². The summed E-state index contributed by atoms with van der Waals surface area (Å²) >= 11 is 11.9. The molecular weight excluding hydrogens is 446 g/mol. The highest BCUT2D eigenvalue weighted by Crippen LogP contribution is 2.32. The van der Waals surface area contributed by atoms with Gasteiger partial charge in [-0.2, -0.15) is 0 Å². The lowest BCUT2D eigenvalue weighted by molar-refractivity contribution is 0.0911. The third-order valence-electron chi connectivity index (χ3n) is 3.33. The Hall–Kier alpha value is 0.610. The number of amides is 1.